The number of aryl methyl sites for hydroxylation is 1. The number of benzene rings is 2. The molecule has 21 heavy (non-hydrogen) atoms. The molecule has 0 amide bonds. The molecule has 0 saturated carbocycles. The molecule has 1 heterocycles. The number of rotatable bonds is 4. The van der Waals surface area contributed by atoms with Crippen molar-refractivity contribution in [1.82, 2.24) is 0 Å². The molecule has 2 nitrogen and oxygen atoms in total. The lowest BCUT2D eigenvalue weighted by molar-refractivity contribution is 0.112. The summed E-state index contributed by atoms with van der Waals surface area (Å²) in [5, 5.41) is 0. The number of carbonyl (C=O) groups excluding carboxylic acids is 1. The molecule has 108 valence electrons. The van der Waals surface area contributed by atoms with Crippen LogP contribution in [-0.2, 0) is 6.42 Å². The molecule has 0 saturated heterocycles. The average Bonchev–Trinajstić information content (AvgIpc) is 2.87. The van der Waals surface area contributed by atoms with Crippen molar-refractivity contribution in [2.24, 2.45) is 0 Å². The highest BCUT2D eigenvalue weighted by molar-refractivity contribution is 14.2. The Bertz CT molecular complexity index is 674. The van der Waals surface area contributed by atoms with Crippen molar-refractivity contribution >= 4 is 42.3 Å². The first kappa shape index (κ1) is 14.9. The van der Waals surface area contributed by atoms with Crippen LogP contribution in [0.4, 0.5) is 5.69 Å². The molecule has 0 fully saturated rings. The van der Waals surface area contributed by atoms with Crippen molar-refractivity contribution in [3.63, 3.8) is 0 Å². The van der Waals surface area contributed by atoms with Crippen LogP contribution in [0.2, 0.25) is 0 Å². The highest BCUT2D eigenvalue weighted by Crippen LogP contribution is 2.44. The van der Waals surface area contributed by atoms with Crippen molar-refractivity contribution in [1.29, 1.82) is 0 Å². The average molecular weight is 409 g/mol. The van der Waals surface area contributed by atoms with Crippen molar-refractivity contribution in [3.8, 4) is 0 Å². The fourth-order valence-corrected chi connectivity index (χ4v) is 4.65. The Labute approximate surface area is 141 Å². The summed E-state index contributed by atoms with van der Waals surface area (Å²) >= 11 is 2.31. The molecule has 0 bridgehead atoms. The van der Waals surface area contributed by atoms with Crippen molar-refractivity contribution < 1.29 is 4.79 Å². The van der Waals surface area contributed by atoms with Crippen LogP contribution in [0.5, 0.6) is 0 Å². The summed E-state index contributed by atoms with van der Waals surface area (Å²) in [6.45, 7) is 3.11. The van der Waals surface area contributed by atoms with Crippen LogP contribution in [0.1, 0.15) is 33.0 Å². The van der Waals surface area contributed by atoms with Gasteiger partial charge in [0.2, 0.25) is 0 Å². The molecule has 0 N–H and O–H groups in total. The van der Waals surface area contributed by atoms with Gasteiger partial charge in [-0.1, -0.05) is 36.4 Å². The first-order valence-electron chi connectivity index (χ1n) is 6.93. The van der Waals surface area contributed by atoms with Crippen LogP contribution in [-0.4, -0.2) is 12.8 Å². The summed E-state index contributed by atoms with van der Waals surface area (Å²) in [5.41, 5.74) is 5.93. The number of fused-ring (bicyclic) bond motifs is 1. The highest BCUT2D eigenvalue weighted by Gasteiger charge is 2.31. The van der Waals surface area contributed by atoms with Crippen LogP contribution in [0.3, 0.4) is 0 Å². The molecule has 0 aromatic heterocycles. The second kappa shape index (κ2) is 6.40. The predicted molar refractivity (Wildman–Crippen MR) is 98.4 cm³/mol. The van der Waals surface area contributed by atoms with Gasteiger partial charge < -0.3 is 4.31 Å². The smallest absolute Gasteiger partial charge is 0.150 e. The third-order valence-electron chi connectivity index (χ3n) is 4.12. The molecule has 1 aliphatic heterocycles. The third-order valence-corrected chi connectivity index (χ3v) is 6.06. The summed E-state index contributed by atoms with van der Waals surface area (Å²) < 4.78 is 2.28. The van der Waals surface area contributed by atoms with Gasteiger partial charge in [0, 0.05) is 48.4 Å². The maximum absolute atomic E-state index is 11.4. The zero-order valence-electron chi connectivity index (χ0n) is 11.8. The largest absolute Gasteiger partial charge is 0.307 e. The van der Waals surface area contributed by atoms with E-state index >= 15 is 0 Å². The first-order chi connectivity index (χ1) is 10.2. The molecule has 3 rings (SSSR count). The van der Waals surface area contributed by atoms with E-state index in [4.69, 9.17) is 0 Å². The number of hydrogen-bond acceptors (Lipinski definition) is 3. The monoisotopic (exact) mass is 409 g/mol. The van der Waals surface area contributed by atoms with Gasteiger partial charge in [0.1, 0.15) is 6.29 Å². The second-order valence-electron chi connectivity index (χ2n) is 5.36. The van der Waals surface area contributed by atoms with E-state index in [2.05, 4.69) is 62.8 Å². The van der Waals surface area contributed by atoms with Crippen LogP contribution >= 0.6 is 30.3 Å². The number of carbonyl (C=O) groups is 1. The van der Waals surface area contributed by atoms with Gasteiger partial charge in [0.05, 0.1) is 5.69 Å². The molecule has 1 atom stereocenters. The molecule has 0 aliphatic carbocycles. The van der Waals surface area contributed by atoms with Crippen molar-refractivity contribution in [2.45, 2.75) is 19.3 Å². The Hall–Kier alpha value is -1.01. The maximum atomic E-state index is 11.4. The summed E-state index contributed by atoms with van der Waals surface area (Å²) in [6, 6.07) is 14.5. The van der Waals surface area contributed by atoms with Gasteiger partial charge in [0.15, 0.2) is 0 Å². The quantitative estimate of drug-likeness (QED) is 0.405. The van der Waals surface area contributed by atoms with E-state index in [0.717, 1.165) is 24.8 Å². The Morgan fingerprint density at radius 2 is 2.10 bits per heavy atom. The Morgan fingerprint density at radius 3 is 2.81 bits per heavy atom. The molecule has 0 unspecified atom stereocenters. The first-order valence-corrected chi connectivity index (χ1v) is 10.2. The number of nitrogens with zero attached hydrogens (tertiary/aromatic N) is 1. The zero-order chi connectivity index (χ0) is 14.8. The molecule has 2 aromatic carbocycles. The molecular formula is C17H16INOS. The van der Waals surface area contributed by atoms with Crippen LogP contribution < -0.4 is 4.31 Å². The van der Waals surface area contributed by atoms with Crippen molar-refractivity contribution in [3.05, 3.63) is 64.7 Å². The SMILES string of the molecule is Cc1ccccc1C[C@H]1CN(SI)c2cccc(C=O)c21. The van der Waals surface area contributed by atoms with Gasteiger partial charge in [0.25, 0.3) is 0 Å². The molecule has 2 aromatic rings. The van der Waals surface area contributed by atoms with Crippen LogP contribution in [0.25, 0.3) is 0 Å². The highest BCUT2D eigenvalue weighted by atomic mass is 127. The number of anilines is 1. The van der Waals surface area contributed by atoms with E-state index in [1.54, 1.807) is 9.12 Å². The summed E-state index contributed by atoms with van der Waals surface area (Å²) in [6.07, 6.45) is 1.98. The molecule has 1 aliphatic rings. The summed E-state index contributed by atoms with van der Waals surface area (Å²) in [5.74, 6) is 0.379. The minimum absolute atomic E-state index is 0.379. The fourth-order valence-electron chi connectivity index (χ4n) is 3.06. The van der Waals surface area contributed by atoms with Crippen LogP contribution in [0.15, 0.2) is 42.5 Å². The second-order valence-corrected chi connectivity index (χ2v) is 7.12. The molecule has 0 spiro atoms. The maximum Gasteiger partial charge on any atom is 0.150 e. The van der Waals surface area contributed by atoms with Gasteiger partial charge in [-0.25, -0.2) is 0 Å². The van der Waals surface area contributed by atoms with E-state index in [-0.39, 0.29) is 0 Å². The van der Waals surface area contributed by atoms with Gasteiger partial charge >= 0.3 is 0 Å². The number of halogens is 1. The molecular weight excluding hydrogens is 393 g/mol. The lowest BCUT2D eigenvalue weighted by Gasteiger charge is -2.15. The van der Waals surface area contributed by atoms with Gasteiger partial charge in [-0.3, -0.25) is 4.79 Å². The van der Waals surface area contributed by atoms with E-state index in [1.807, 2.05) is 12.1 Å². The van der Waals surface area contributed by atoms with E-state index in [9.17, 15) is 4.79 Å². The Morgan fingerprint density at radius 1 is 1.29 bits per heavy atom. The summed E-state index contributed by atoms with van der Waals surface area (Å²) in [4.78, 5) is 11.4. The third kappa shape index (κ3) is 2.83. The molecule has 4 heteroatoms. The topological polar surface area (TPSA) is 20.3 Å². The van der Waals surface area contributed by atoms with Gasteiger partial charge in [-0.05, 0) is 36.1 Å². The normalized spacial score (nSPS) is 16.9. The lowest BCUT2D eigenvalue weighted by atomic mass is 9.89. The van der Waals surface area contributed by atoms with E-state index in [0.29, 0.717) is 5.92 Å². The van der Waals surface area contributed by atoms with Crippen molar-refractivity contribution in [2.75, 3.05) is 10.8 Å². The Kier molecular flexibility index (Phi) is 4.54. The predicted octanol–water partition coefficient (Wildman–Crippen LogP) is 4.95. The number of hydrogen-bond donors (Lipinski definition) is 0. The van der Waals surface area contributed by atoms with Gasteiger partial charge in [-0.15, -0.1) is 0 Å². The lowest BCUT2D eigenvalue weighted by Crippen LogP contribution is -2.13. The number of aldehydes is 1. The van der Waals surface area contributed by atoms with E-state index < -0.39 is 0 Å². The zero-order valence-corrected chi connectivity index (χ0v) is 14.7. The minimum atomic E-state index is 0.379. The minimum Gasteiger partial charge on any atom is -0.307 e. The summed E-state index contributed by atoms with van der Waals surface area (Å²) in [7, 11) is 1.70. The fraction of sp³-hybridized carbons (Fsp3) is 0.235. The van der Waals surface area contributed by atoms with E-state index in [1.165, 1.54) is 22.4 Å². The van der Waals surface area contributed by atoms with Gasteiger partial charge in [-0.2, -0.15) is 0 Å². The van der Waals surface area contributed by atoms with Crippen LogP contribution in [0, 0.1) is 6.92 Å². The Balaban J connectivity index is 1.99. The molecule has 0 radical (unpaired) electrons. The standard InChI is InChI=1S/C17H16INOS/c1-12-5-2-3-6-13(12)9-15-10-19(21-18)16-8-4-7-14(11-20)17(15)16/h2-8,11,15H,9-10H2,1H3/t15-/m0/s1.